The number of thioether (sulfide) groups is 1. The van der Waals surface area contributed by atoms with Crippen LogP contribution >= 0.6 is 23.4 Å². The molecule has 6 nitrogen and oxygen atoms in total. The first kappa shape index (κ1) is 19.3. The highest BCUT2D eigenvalue weighted by molar-refractivity contribution is 7.99. The summed E-state index contributed by atoms with van der Waals surface area (Å²) in [6, 6.07) is 17.6. The van der Waals surface area contributed by atoms with Crippen molar-refractivity contribution in [1.82, 2.24) is 9.55 Å². The van der Waals surface area contributed by atoms with Crippen molar-refractivity contribution in [3.63, 3.8) is 0 Å². The molecule has 1 N–H and O–H groups in total. The molecule has 0 atom stereocenters. The van der Waals surface area contributed by atoms with Gasteiger partial charge in [0, 0.05) is 10.7 Å². The summed E-state index contributed by atoms with van der Waals surface area (Å²) in [7, 11) is 0. The predicted octanol–water partition coefficient (Wildman–Crippen LogP) is 4.42. The molecule has 4 aromatic rings. The molecule has 0 unspecified atom stereocenters. The van der Waals surface area contributed by atoms with Gasteiger partial charge < -0.3 is 9.73 Å². The van der Waals surface area contributed by atoms with Gasteiger partial charge in [0.2, 0.25) is 5.91 Å². The summed E-state index contributed by atoms with van der Waals surface area (Å²) in [5.74, 6) is 0.534. The molecule has 1 amide bonds. The quantitative estimate of drug-likeness (QED) is 0.365. The van der Waals surface area contributed by atoms with Crippen LogP contribution in [0.1, 0.15) is 5.76 Å². The number of rotatable bonds is 6. The van der Waals surface area contributed by atoms with Crippen molar-refractivity contribution in [2.75, 3.05) is 11.1 Å². The summed E-state index contributed by atoms with van der Waals surface area (Å²) in [5, 5.41) is 4.38. The average molecular weight is 426 g/mol. The maximum absolute atomic E-state index is 13.0. The van der Waals surface area contributed by atoms with Crippen LogP contribution in [0.4, 0.5) is 5.69 Å². The molecule has 0 aliphatic rings. The van der Waals surface area contributed by atoms with E-state index in [2.05, 4.69) is 10.3 Å². The van der Waals surface area contributed by atoms with E-state index in [1.165, 1.54) is 16.3 Å². The number of furan rings is 1. The van der Waals surface area contributed by atoms with Crippen LogP contribution in [0.3, 0.4) is 0 Å². The van der Waals surface area contributed by atoms with E-state index in [1.54, 1.807) is 60.9 Å². The third-order valence-electron chi connectivity index (χ3n) is 4.18. The molecular formula is C21H16ClN3O3S. The number of para-hydroxylation sites is 1. The number of amides is 1. The van der Waals surface area contributed by atoms with Crippen LogP contribution in [0.25, 0.3) is 10.9 Å². The van der Waals surface area contributed by atoms with E-state index in [9.17, 15) is 9.59 Å². The van der Waals surface area contributed by atoms with Gasteiger partial charge in [-0.3, -0.25) is 14.2 Å². The lowest BCUT2D eigenvalue weighted by molar-refractivity contribution is -0.113. The molecule has 29 heavy (non-hydrogen) atoms. The van der Waals surface area contributed by atoms with Crippen LogP contribution < -0.4 is 10.9 Å². The molecule has 146 valence electrons. The molecule has 0 radical (unpaired) electrons. The van der Waals surface area contributed by atoms with Gasteiger partial charge in [0.15, 0.2) is 5.16 Å². The van der Waals surface area contributed by atoms with Gasteiger partial charge in [-0.1, -0.05) is 35.5 Å². The predicted molar refractivity (Wildman–Crippen MR) is 115 cm³/mol. The molecule has 0 fully saturated rings. The molecule has 0 aliphatic carbocycles. The zero-order valence-electron chi connectivity index (χ0n) is 15.2. The second kappa shape index (κ2) is 8.55. The number of carbonyl (C=O) groups is 1. The number of carbonyl (C=O) groups excluding carboxylic acids is 1. The molecule has 0 saturated heterocycles. The van der Waals surface area contributed by atoms with E-state index < -0.39 is 0 Å². The Morgan fingerprint density at radius 1 is 1.10 bits per heavy atom. The van der Waals surface area contributed by atoms with Crippen LogP contribution in [-0.4, -0.2) is 21.2 Å². The summed E-state index contributed by atoms with van der Waals surface area (Å²) in [6.07, 6.45) is 1.56. The molecule has 4 rings (SSSR count). The van der Waals surface area contributed by atoms with E-state index in [4.69, 9.17) is 16.0 Å². The molecule has 0 saturated carbocycles. The lowest BCUT2D eigenvalue weighted by atomic mass is 10.2. The highest BCUT2D eigenvalue weighted by Gasteiger charge is 2.14. The molecule has 2 aromatic carbocycles. The Hall–Kier alpha value is -3.03. The molecule has 0 spiro atoms. The van der Waals surface area contributed by atoms with Gasteiger partial charge in [0.25, 0.3) is 5.56 Å². The Labute approximate surface area is 175 Å². The second-order valence-electron chi connectivity index (χ2n) is 6.23. The minimum atomic E-state index is -0.204. The zero-order chi connectivity index (χ0) is 20.2. The average Bonchev–Trinajstić information content (AvgIpc) is 3.24. The fourth-order valence-electron chi connectivity index (χ4n) is 2.82. The van der Waals surface area contributed by atoms with Gasteiger partial charge in [0.1, 0.15) is 5.76 Å². The molecule has 2 heterocycles. The normalized spacial score (nSPS) is 10.9. The van der Waals surface area contributed by atoms with Gasteiger partial charge in [-0.25, -0.2) is 4.98 Å². The van der Waals surface area contributed by atoms with Crippen LogP contribution in [0.2, 0.25) is 5.02 Å². The summed E-state index contributed by atoms with van der Waals surface area (Å²) in [6.45, 7) is 0.241. The largest absolute Gasteiger partial charge is 0.467 e. The van der Waals surface area contributed by atoms with E-state index >= 15 is 0 Å². The number of hydrogen-bond donors (Lipinski definition) is 1. The summed E-state index contributed by atoms with van der Waals surface area (Å²) in [4.78, 5) is 29.9. The summed E-state index contributed by atoms with van der Waals surface area (Å²) in [5.41, 5.74) is 1.07. The first-order chi connectivity index (χ1) is 14.1. The Morgan fingerprint density at radius 2 is 1.90 bits per heavy atom. The Morgan fingerprint density at radius 3 is 2.66 bits per heavy atom. The van der Waals surface area contributed by atoms with Crippen molar-refractivity contribution in [2.45, 2.75) is 11.7 Å². The van der Waals surface area contributed by atoms with E-state index in [1.807, 2.05) is 6.07 Å². The zero-order valence-corrected chi connectivity index (χ0v) is 16.7. The summed E-state index contributed by atoms with van der Waals surface area (Å²) < 4.78 is 6.92. The highest BCUT2D eigenvalue weighted by atomic mass is 35.5. The number of aromatic nitrogens is 2. The molecule has 8 heteroatoms. The third kappa shape index (κ3) is 4.52. The van der Waals surface area contributed by atoms with Crippen LogP contribution in [0, 0.1) is 0 Å². The van der Waals surface area contributed by atoms with E-state index in [-0.39, 0.29) is 23.8 Å². The lowest BCUT2D eigenvalue weighted by Crippen LogP contribution is -2.24. The van der Waals surface area contributed by atoms with Gasteiger partial charge >= 0.3 is 0 Å². The van der Waals surface area contributed by atoms with Crippen molar-refractivity contribution in [2.24, 2.45) is 0 Å². The fourth-order valence-corrected chi connectivity index (χ4v) is 3.74. The van der Waals surface area contributed by atoms with Crippen molar-refractivity contribution in [3.05, 3.63) is 88.1 Å². The van der Waals surface area contributed by atoms with E-state index in [0.717, 1.165) is 0 Å². The topological polar surface area (TPSA) is 77.1 Å². The Kier molecular flexibility index (Phi) is 5.69. The smallest absolute Gasteiger partial charge is 0.262 e. The molecule has 2 aromatic heterocycles. The SMILES string of the molecule is O=C(CSc1nc2ccccc2c(=O)n1Cc1ccco1)Nc1ccc(Cl)cc1. The summed E-state index contributed by atoms with van der Waals surface area (Å²) >= 11 is 7.06. The Balaban J connectivity index is 1.58. The monoisotopic (exact) mass is 425 g/mol. The number of fused-ring (bicyclic) bond motifs is 1. The molecule has 0 aliphatic heterocycles. The van der Waals surface area contributed by atoms with Crippen molar-refractivity contribution >= 4 is 45.9 Å². The number of benzene rings is 2. The Bertz CT molecular complexity index is 1200. The first-order valence-electron chi connectivity index (χ1n) is 8.80. The number of nitrogens with one attached hydrogen (secondary N) is 1. The van der Waals surface area contributed by atoms with Crippen molar-refractivity contribution in [1.29, 1.82) is 0 Å². The van der Waals surface area contributed by atoms with Gasteiger partial charge in [0.05, 0.1) is 29.5 Å². The minimum absolute atomic E-state index is 0.103. The van der Waals surface area contributed by atoms with Gasteiger partial charge in [-0.15, -0.1) is 0 Å². The second-order valence-corrected chi connectivity index (χ2v) is 7.60. The van der Waals surface area contributed by atoms with Crippen LogP contribution in [0.15, 0.2) is 81.3 Å². The number of halogens is 1. The highest BCUT2D eigenvalue weighted by Crippen LogP contribution is 2.20. The fraction of sp³-hybridized carbons (Fsp3) is 0.0952. The molecule has 0 bridgehead atoms. The standard InChI is InChI=1S/C21H16ClN3O3S/c22-14-7-9-15(10-8-14)23-19(26)13-29-21-24-18-6-2-1-5-17(18)20(27)25(21)12-16-4-3-11-28-16/h1-11H,12-13H2,(H,23,26). The number of hydrogen-bond acceptors (Lipinski definition) is 5. The van der Waals surface area contributed by atoms with Crippen molar-refractivity contribution in [3.8, 4) is 0 Å². The number of anilines is 1. The minimum Gasteiger partial charge on any atom is -0.467 e. The maximum atomic E-state index is 13.0. The maximum Gasteiger partial charge on any atom is 0.262 e. The van der Waals surface area contributed by atoms with Crippen LogP contribution in [0.5, 0.6) is 0 Å². The van der Waals surface area contributed by atoms with Gasteiger partial charge in [-0.05, 0) is 48.5 Å². The lowest BCUT2D eigenvalue weighted by Gasteiger charge is -2.12. The number of nitrogens with zero attached hydrogens (tertiary/aromatic N) is 2. The van der Waals surface area contributed by atoms with Crippen LogP contribution in [-0.2, 0) is 11.3 Å². The van der Waals surface area contributed by atoms with E-state index in [0.29, 0.717) is 32.5 Å². The van der Waals surface area contributed by atoms with Crippen molar-refractivity contribution < 1.29 is 9.21 Å². The van der Waals surface area contributed by atoms with Gasteiger partial charge in [-0.2, -0.15) is 0 Å². The molecular weight excluding hydrogens is 410 g/mol. The first-order valence-corrected chi connectivity index (χ1v) is 10.2. The third-order valence-corrected chi connectivity index (χ3v) is 5.41.